The van der Waals surface area contributed by atoms with Crippen molar-refractivity contribution >= 4 is 28.4 Å². The SMILES string of the molecule is CC(C)OCCNc1nc[nH]c(=O)c1I. The molecular weight excluding hydrogens is 309 g/mol. The van der Waals surface area contributed by atoms with E-state index in [9.17, 15) is 4.79 Å². The van der Waals surface area contributed by atoms with Gasteiger partial charge in [0, 0.05) is 6.54 Å². The van der Waals surface area contributed by atoms with Crippen LogP contribution in [0.5, 0.6) is 0 Å². The van der Waals surface area contributed by atoms with Crippen LogP contribution in [0.2, 0.25) is 0 Å². The first kappa shape index (κ1) is 12.4. The zero-order chi connectivity index (χ0) is 11.3. The number of H-pyrrole nitrogens is 1. The first-order valence-electron chi connectivity index (χ1n) is 4.70. The Morgan fingerprint density at radius 3 is 3.07 bits per heavy atom. The molecule has 1 aromatic rings. The molecule has 0 fully saturated rings. The minimum Gasteiger partial charge on any atom is -0.377 e. The normalized spacial score (nSPS) is 10.7. The highest BCUT2D eigenvalue weighted by atomic mass is 127. The van der Waals surface area contributed by atoms with E-state index in [0.29, 0.717) is 22.5 Å². The van der Waals surface area contributed by atoms with Gasteiger partial charge in [-0.15, -0.1) is 0 Å². The summed E-state index contributed by atoms with van der Waals surface area (Å²) < 4.78 is 5.92. The van der Waals surface area contributed by atoms with Gasteiger partial charge in [-0.25, -0.2) is 4.98 Å². The van der Waals surface area contributed by atoms with E-state index in [4.69, 9.17) is 4.74 Å². The van der Waals surface area contributed by atoms with Crippen LogP contribution in [-0.4, -0.2) is 29.2 Å². The molecule has 0 saturated heterocycles. The number of rotatable bonds is 5. The number of hydrogen-bond acceptors (Lipinski definition) is 4. The molecule has 1 rings (SSSR count). The van der Waals surface area contributed by atoms with Crippen LogP contribution < -0.4 is 10.9 Å². The number of aromatic amines is 1. The van der Waals surface area contributed by atoms with E-state index in [0.717, 1.165) is 0 Å². The molecule has 2 N–H and O–H groups in total. The van der Waals surface area contributed by atoms with Gasteiger partial charge >= 0.3 is 0 Å². The van der Waals surface area contributed by atoms with Gasteiger partial charge in [0.2, 0.25) is 0 Å². The van der Waals surface area contributed by atoms with Gasteiger partial charge < -0.3 is 15.0 Å². The number of aromatic nitrogens is 2. The molecule has 0 bridgehead atoms. The first-order chi connectivity index (χ1) is 7.11. The maximum atomic E-state index is 11.2. The Kier molecular flexibility index (Phi) is 5.03. The number of hydrogen-bond donors (Lipinski definition) is 2. The average molecular weight is 323 g/mol. The van der Waals surface area contributed by atoms with Crippen molar-refractivity contribution < 1.29 is 4.74 Å². The van der Waals surface area contributed by atoms with E-state index < -0.39 is 0 Å². The van der Waals surface area contributed by atoms with Crippen LogP contribution in [0.1, 0.15) is 13.8 Å². The molecule has 0 aliphatic heterocycles. The largest absolute Gasteiger partial charge is 0.377 e. The van der Waals surface area contributed by atoms with Crippen molar-refractivity contribution in [1.29, 1.82) is 0 Å². The maximum absolute atomic E-state index is 11.2. The standard InChI is InChI=1S/C9H14IN3O2/c1-6(2)15-4-3-11-8-7(10)9(14)13-5-12-8/h5-6H,3-4H2,1-2H3,(H2,11,12,13,14). The van der Waals surface area contributed by atoms with Crippen LogP contribution in [0.4, 0.5) is 5.82 Å². The molecule has 0 aliphatic rings. The maximum Gasteiger partial charge on any atom is 0.266 e. The molecule has 0 unspecified atom stereocenters. The third kappa shape index (κ3) is 4.17. The Bertz CT molecular complexity index is 365. The van der Waals surface area contributed by atoms with E-state index in [2.05, 4.69) is 15.3 Å². The van der Waals surface area contributed by atoms with Crippen LogP contribution in [0.3, 0.4) is 0 Å². The quantitative estimate of drug-likeness (QED) is 0.631. The lowest BCUT2D eigenvalue weighted by molar-refractivity contribution is 0.0870. The monoisotopic (exact) mass is 323 g/mol. The highest BCUT2D eigenvalue weighted by Gasteiger charge is 2.03. The molecule has 5 nitrogen and oxygen atoms in total. The van der Waals surface area contributed by atoms with E-state index in [1.54, 1.807) is 0 Å². The zero-order valence-corrected chi connectivity index (χ0v) is 10.9. The van der Waals surface area contributed by atoms with Gasteiger partial charge in [0.25, 0.3) is 5.56 Å². The Morgan fingerprint density at radius 2 is 2.40 bits per heavy atom. The topological polar surface area (TPSA) is 67.0 Å². The Balaban J connectivity index is 2.44. The second-order valence-corrected chi connectivity index (χ2v) is 4.32. The number of halogens is 1. The van der Waals surface area contributed by atoms with Gasteiger partial charge in [0.1, 0.15) is 9.39 Å². The summed E-state index contributed by atoms with van der Waals surface area (Å²) in [5.41, 5.74) is -0.127. The highest BCUT2D eigenvalue weighted by molar-refractivity contribution is 14.1. The smallest absolute Gasteiger partial charge is 0.266 e. The third-order valence-corrected chi connectivity index (χ3v) is 2.64. The summed E-state index contributed by atoms with van der Waals surface area (Å²) >= 11 is 1.96. The lowest BCUT2D eigenvalue weighted by atomic mass is 10.5. The van der Waals surface area contributed by atoms with Crippen LogP contribution in [0, 0.1) is 3.57 Å². The molecule has 0 amide bonds. The second-order valence-electron chi connectivity index (χ2n) is 3.24. The van der Waals surface area contributed by atoms with E-state index in [-0.39, 0.29) is 11.7 Å². The van der Waals surface area contributed by atoms with Gasteiger partial charge in [0.15, 0.2) is 0 Å². The van der Waals surface area contributed by atoms with E-state index in [1.165, 1.54) is 6.33 Å². The first-order valence-corrected chi connectivity index (χ1v) is 5.77. The highest BCUT2D eigenvalue weighted by Crippen LogP contribution is 2.07. The summed E-state index contributed by atoms with van der Waals surface area (Å²) in [7, 11) is 0. The average Bonchev–Trinajstić information content (AvgIpc) is 2.18. The molecule has 15 heavy (non-hydrogen) atoms. The molecule has 0 atom stereocenters. The molecule has 0 aromatic carbocycles. The lowest BCUT2D eigenvalue weighted by Crippen LogP contribution is -2.18. The van der Waals surface area contributed by atoms with E-state index >= 15 is 0 Å². The molecular formula is C9H14IN3O2. The van der Waals surface area contributed by atoms with Crippen molar-refractivity contribution in [2.24, 2.45) is 0 Å². The van der Waals surface area contributed by atoms with Gasteiger partial charge in [0.05, 0.1) is 19.0 Å². The fraction of sp³-hybridized carbons (Fsp3) is 0.556. The fourth-order valence-corrected chi connectivity index (χ4v) is 1.46. The summed E-state index contributed by atoms with van der Waals surface area (Å²) in [5, 5.41) is 3.05. The third-order valence-electron chi connectivity index (χ3n) is 1.64. The molecule has 1 aromatic heterocycles. The molecule has 0 saturated carbocycles. The lowest BCUT2D eigenvalue weighted by Gasteiger charge is -2.09. The van der Waals surface area contributed by atoms with Crippen LogP contribution >= 0.6 is 22.6 Å². The van der Waals surface area contributed by atoms with Gasteiger partial charge in [-0.1, -0.05) is 0 Å². The summed E-state index contributed by atoms with van der Waals surface area (Å²) in [6.45, 7) is 5.21. The van der Waals surface area contributed by atoms with Crippen molar-refractivity contribution in [2.45, 2.75) is 20.0 Å². The Hall–Kier alpha value is -0.630. The minimum absolute atomic E-state index is 0.127. The summed E-state index contributed by atoms with van der Waals surface area (Å²) in [6, 6.07) is 0. The number of nitrogens with one attached hydrogen (secondary N) is 2. The Labute approximate surface area is 102 Å². The predicted octanol–water partition coefficient (Wildman–Crippen LogP) is 1.21. The summed E-state index contributed by atoms with van der Waals surface area (Å²) in [6.07, 6.45) is 1.61. The molecule has 84 valence electrons. The predicted molar refractivity (Wildman–Crippen MR) is 67.2 cm³/mol. The minimum atomic E-state index is -0.127. The van der Waals surface area contributed by atoms with E-state index in [1.807, 2.05) is 36.4 Å². The number of nitrogens with zero attached hydrogens (tertiary/aromatic N) is 1. The number of anilines is 1. The molecule has 0 spiro atoms. The summed E-state index contributed by atoms with van der Waals surface area (Å²) in [5.74, 6) is 0.603. The van der Waals surface area contributed by atoms with Crippen LogP contribution in [-0.2, 0) is 4.74 Å². The van der Waals surface area contributed by atoms with Crippen molar-refractivity contribution in [3.05, 3.63) is 20.3 Å². The van der Waals surface area contributed by atoms with Gasteiger partial charge in [-0.2, -0.15) is 0 Å². The van der Waals surface area contributed by atoms with Gasteiger partial charge in [-0.05, 0) is 36.4 Å². The molecule has 0 aliphatic carbocycles. The molecule has 0 radical (unpaired) electrons. The Morgan fingerprint density at radius 1 is 1.67 bits per heavy atom. The zero-order valence-electron chi connectivity index (χ0n) is 8.71. The van der Waals surface area contributed by atoms with Crippen molar-refractivity contribution in [2.75, 3.05) is 18.5 Å². The summed E-state index contributed by atoms with van der Waals surface area (Å²) in [4.78, 5) is 17.7. The fourth-order valence-electron chi connectivity index (χ4n) is 0.970. The van der Waals surface area contributed by atoms with Crippen LogP contribution in [0.15, 0.2) is 11.1 Å². The van der Waals surface area contributed by atoms with Crippen molar-refractivity contribution in [3.8, 4) is 0 Å². The number of ether oxygens (including phenoxy) is 1. The van der Waals surface area contributed by atoms with Crippen molar-refractivity contribution in [3.63, 3.8) is 0 Å². The second kappa shape index (κ2) is 6.06. The van der Waals surface area contributed by atoms with Gasteiger partial charge in [-0.3, -0.25) is 4.79 Å². The molecule has 1 heterocycles. The van der Waals surface area contributed by atoms with Crippen molar-refractivity contribution in [1.82, 2.24) is 9.97 Å². The van der Waals surface area contributed by atoms with Crippen LogP contribution in [0.25, 0.3) is 0 Å². The molecule has 6 heteroatoms.